The largest absolute Gasteiger partial charge is 0.481 e. The standard InChI is InChI=1S/C10H16O8/c11-5(12)3-1-2-4-6(13)7(14)8(15)9(18-4)10(16)17/h4,6-9,13-15H,1-3H2,(H,11,12)(H,16,17)/t4-,6-,7+,8-,9-/m0/s1/i1D2,3D2. The Morgan fingerprint density at radius 2 is 1.72 bits per heavy atom. The van der Waals surface area contributed by atoms with Crippen molar-refractivity contribution in [3.8, 4) is 0 Å². The quantitative estimate of drug-likeness (QED) is 0.392. The zero-order chi connectivity index (χ0) is 17.5. The van der Waals surface area contributed by atoms with Gasteiger partial charge in [-0.15, -0.1) is 0 Å². The molecule has 0 aromatic carbocycles. The maximum atomic E-state index is 10.9. The number of aliphatic hydroxyl groups is 3. The molecule has 0 aromatic rings. The van der Waals surface area contributed by atoms with Gasteiger partial charge in [0.25, 0.3) is 0 Å². The Kier molecular flexibility index (Phi) is 3.28. The molecule has 1 rings (SSSR count). The molecule has 1 aliphatic rings. The fourth-order valence-electron chi connectivity index (χ4n) is 1.55. The van der Waals surface area contributed by atoms with Gasteiger partial charge in [0.2, 0.25) is 0 Å². The summed E-state index contributed by atoms with van der Waals surface area (Å²) in [7, 11) is 0. The summed E-state index contributed by atoms with van der Waals surface area (Å²) in [6.45, 7) is 0. The van der Waals surface area contributed by atoms with Gasteiger partial charge in [0.1, 0.15) is 18.3 Å². The average Bonchev–Trinajstić information content (AvgIpc) is 2.38. The van der Waals surface area contributed by atoms with E-state index in [9.17, 15) is 24.9 Å². The molecular weight excluding hydrogens is 248 g/mol. The smallest absolute Gasteiger partial charge is 0.335 e. The molecule has 0 amide bonds. The molecule has 0 bridgehead atoms. The summed E-state index contributed by atoms with van der Waals surface area (Å²) in [6.07, 6.45) is -16.9. The molecule has 1 fully saturated rings. The van der Waals surface area contributed by atoms with E-state index in [1.165, 1.54) is 0 Å². The van der Waals surface area contributed by atoms with Crippen molar-refractivity contribution in [1.82, 2.24) is 0 Å². The van der Waals surface area contributed by atoms with E-state index in [1.807, 2.05) is 0 Å². The first-order valence-electron chi connectivity index (χ1n) is 6.99. The number of hydrogen-bond acceptors (Lipinski definition) is 6. The van der Waals surface area contributed by atoms with E-state index in [2.05, 4.69) is 0 Å². The summed E-state index contributed by atoms with van der Waals surface area (Å²) >= 11 is 0. The molecule has 8 heteroatoms. The van der Waals surface area contributed by atoms with Crippen LogP contribution in [0.15, 0.2) is 0 Å². The van der Waals surface area contributed by atoms with Gasteiger partial charge in [-0.2, -0.15) is 0 Å². The Labute approximate surface area is 108 Å². The molecule has 8 nitrogen and oxygen atoms in total. The lowest BCUT2D eigenvalue weighted by atomic mass is 9.92. The maximum Gasteiger partial charge on any atom is 0.335 e. The molecule has 0 aliphatic carbocycles. The van der Waals surface area contributed by atoms with Crippen LogP contribution in [-0.4, -0.2) is 68.0 Å². The topological polar surface area (TPSA) is 145 Å². The van der Waals surface area contributed by atoms with E-state index in [4.69, 9.17) is 20.4 Å². The highest BCUT2D eigenvalue weighted by Crippen LogP contribution is 2.24. The number of ether oxygens (including phenoxy) is 1. The monoisotopic (exact) mass is 268 g/mol. The zero-order valence-corrected chi connectivity index (χ0v) is 9.05. The number of hydrogen-bond donors (Lipinski definition) is 5. The maximum absolute atomic E-state index is 10.9. The van der Waals surface area contributed by atoms with Crippen LogP contribution in [-0.2, 0) is 14.3 Å². The summed E-state index contributed by atoms with van der Waals surface area (Å²) in [4.78, 5) is 21.7. The van der Waals surface area contributed by atoms with Crippen LogP contribution in [0.25, 0.3) is 0 Å². The van der Waals surface area contributed by atoms with Crippen LogP contribution in [0.3, 0.4) is 0 Å². The van der Waals surface area contributed by atoms with Gasteiger partial charge in [-0.05, 0) is 12.8 Å². The van der Waals surface area contributed by atoms with E-state index in [0.29, 0.717) is 0 Å². The molecule has 1 saturated heterocycles. The fourth-order valence-corrected chi connectivity index (χ4v) is 1.55. The first-order valence-corrected chi connectivity index (χ1v) is 4.99. The van der Waals surface area contributed by atoms with Gasteiger partial charge in [-0.25, -0.2) is 4.79 Å². The third-order valence-corrected chi connectivity index (χ3v) is 2.45. The lowest BCUT2D eigenvalue weighted by Crippen LogP contribution is -2.59. The van der Waals surface area contributed by atoms with Crippen molar-refractivity contribution in [2.24, 2.45) is 0 Å². The average molecular weight is 268 g/mol. The van der Waals surface area contributed by atoms with Crippen molar-refractivity contribution in [3.63, 3.8) is 0 Å². The number of carboxylic acids is 2. The third kappa shape index (κ3) is 3.39. The van der Waals surface area contributed by atoms with Gasteiger partial charge in [-0.3, -0.25) is 4.79 Å². The Hall–Kier alpha value is -1.22. The SMILES string of the molecule is [2H]C([2H])(C[C@@H]1O[C@H](C(=O)O)[C@@H](O)[C@H](O)[C@H]1O)C([2H])([2H])C(=O)O. The summed E-state index contributed by atoms with van der Waals surface area (Å²) in [5, 5.41) is 46.3. The minimum atomic E-state index is -3.34. The van der Waals surface area contributed by atoms with E-state index in [1.54, 1.807) is 0 Å². The molecule has 1 heterocycles. The summed E-state index contributed by atoms with van der Waals surface area (Å²) in [6, 6.07) is 0. The summed E-state index contributed by atoms with van der Waals surface area (Å²) < 4.78 is 34.2. The van der Waals surface area contributed by atoms with Crippen molar-refractivity contribution < 1.29 is 45.3 Å². The third-order valence-electron chi connectivity index (χ3n) is 2.45. The van der Waals surface area contributed by atoms with Crippen LogP contribution in [0.5, 0.6) is 0 Å². The normalized spacial score (nSPS) is 41.2. The van der Waals surface area contributed by atoms with Crippen LogP contribution in [0.4, 0.5) is 0 Å². The Morgan fingerprint density at radius 1 is 1.11 bits per heavy atom. The van der Waals surface area contributed by atoms with E-state index in [0.717, 1.165) is 0 Å². The minimum Gasteiger partial charge on any atom is -0.481 e. The van der Waals surface area contributed by atoms with Crippen LogP contribution < -0.4 is 0 Å². The minimum absolute atomic E-state index is 1.04. The molecule has 1 aliphatic heterocycles. The first kappa shape index (κ1) is 9.68. The van der Waals surface area contributed by atoms with Gasteiger partial charge < -0.3 is 30.3 Å². The second-order valence-corrected chi connectivity index (χ2v) is 3.72. The molecular formula is C10H16O8. The summed E-state index contributed by atoms with van der Waals surface area (Å²) in [5.41, 5.74) is 0. The number of rotatable bonds is 5. The number of carbonyl (C=O) groups is 2. The molecule has 18 heavy (non-hydrogen) atoms. The number of aliphatic carboxylic acids is 2. The van der Waals surface area contributed by atoms with E-state index >= 15 is 0 Å². The van der Waals surface area contributed by atoms with Gasteiger partial charge >= 0.3 is 11.9 Å². The Bertz CT molecular complexity index is 456. The van der Waals surface area contributed by atoms with Gasteiger partial charge in [-0.1, -0.05) is 0 Å². The molecule has 0 saturated carbocycles. The van der Waals surface area contributed by atoms with E-state index in [-0.39, 0.29) is 0 Å². The molecule has 0 aromatic heterocycles. The second-order valence-electron chi connectivity index (χ2n) is 3.72. The highest BCUT2D eigenvalue weighted by molar-refractivity contribution is 5.73. The van der Waals surface area contributed by atoms with Crippen molar-refractivity contribution in [1.29, 1.82) is 0 Å². The van der Waals surface area contributed by atoms with Crippen LogP contribution >= 0.6 is 0 Å². The fraction of sp³-hybridized carbons (Fsp3) is 0.800. The van der Waals surface area contributed by atoms with Crippen molar-refractivity contribution in [3.05, 3.63) is 0 Å². The second kappa shape index (κ2) is 6.10. The number of aliphatic hydroxyl groups excluding tert-OH is 3. The van der Waals surface area contributed by atoms with Crippen LogP contribution in [0.2, 0.25) is 0 Å². The highest BCUT2D eigenvalue weighted by Gasteiger charge is 2.46. The van der Waals surface area contributed by atoms with Crippen molar-refractivity contribution in [2.75, 3.05) is 0 Å². The van der Waals surface area contributed by atoms with Crippen molar-refractivity contribution >= 4 is 11.9 Å². The lowest BCUT2D eigenvalue weighted by Gasteiger charge is -2.38. The van der Waals surface area contributed by atoms with Crippen LogP contribution in [0, 0.1) is 0 Å². The van der Waals surface area contributed by atoms with Gasteiger partial charge in [0.05, 0.1) is 6.10 Å². The van der Waals surface area contributed by atoms with E-state index < -0.39 is 61.6 Å². The van der Waals surface area contributed by atoms with Gasteiger partial charge in [0.15, 0.2) is 6.10 Å². The Morgan fingerprint density at radius 3 is 2.22 bits per heavy atom. The van der Waals surface area contributed by atoms with Crippen LogP contribution in [0.1, 0.15) is 24.6 Å². The zero-order valence-electron chi connectivity index (χ0n) is 13.1. The highest BCUT2D eigenvalue weighted by atomic mass is 16.6. The molecule has 5 N–H and O–H groups in total. The predicted molar refractivity (Wildman–Crippen MR) is 55.8 cm³/mol. The molecule has 5 atom stereocenters. The molecule has 0 unspecified atom stereocenters. The Balaban J connectivity index is 3.00. The molecule has 0 spiro atoms. The van der Waals surface area contributed by atoms with Gasteiger partial charge in [0, 0.05) is 11.9 Å². The summed E-state index contributed by atoms with van der Waals surface area (Å²) in [5.74, 6) is -3.76. The lowest BCUT2D eigenvalue weighted by molar-refractivity contribution is -0.228. The molecule has 104 valence electrons. The first-order chi connectivity index (χ1) is 9.83. The predicted octanol–water partition coefficient (Wildman–Crippen LogP) is -1.82. The van der Waals surface area contributed by atoms with Crippen molar-refractivity contribution in [2.45, 2.75) is 49.7 Å². The number of carboxylic acid groups (broad SMARTS) is 2. The molecule has 0 radical (unpaired) electrons.